The standard InChI is InChI=1S/C39H17BF17P/c1-16-12-14-17(15-13-16)39(58(57,18-8-4-2-5-9-18)19-10-6-3-7-11-19)21(20-24(41)30(47)36(53)31(48)25(20)42)40(56,22-26(43)32(49)37(54)33(50)27(22)44)23-28(45)34(51)38(55)35(52)29(23)46/h2-15H,1H3/b39-21+. The average Bonchev–Trinajstić information content (AvgIpc) is 3.22. The second kappa shape index (κ2) is 15.3. The van der Waals surface area contributed by atoms with E-state index < -0.39 is 145 Å². The van der Waals surface area contributed by atoms with Gasteiger partial charge in [0.1, 0.15) is 39.2 Å². The Morgan fingerprint density at radius 2 is 0.690 bits per heavy atom. The van der Waals surface area contributed by atoms with Crippen LogP contribution >= 0.6 is 7.57 Å². The van der Waals surface area contributed by atoms with Crippen molar-refractivity contribution in [2.45, 2.75) is 6.92 Å². The summed E-state index contributed by atoms with van der Waals surface area (Å²) in [5, 5.41) is -3.29. The van der Waals surface area contributed by atoms with Gasteiger partial charge in [0.05, 0.1) is 0 Å². The predicted molar refractivity (Wildman–Crippen MR) is 183 cm³/mol. The largest absolute Gasteiger partial charge is 0.498 e. The van der Waals surface area contributed by atoms with Gasteiger partial charge in [-0.3, -0.25) is 0 Å². The smallest absolute Gasteiger partial charge is 0.296 e. The summed E-state index contributed by atoms with van der Waals surface area (Å²) in [6, 6.07) is 13.9. The van der Waals surface area contributed by atoms with Crippen LogP contribution in [0.15, 0.2) is 84.9 Å². The highest BCUT2D eigenvalue weighted by Crippen LogP contribution is 2.71. The van der Waals surface area contributed by atoms with E-state index in [4.69, 9.17) is 0 Å². The molecule has 0 amide bonds. The number of hydrogen-bond donors (Lipinski definition) is 0. The third-order valence-electron chi connectivity index (χ3n) is 9.27. The van der Waals surface area contributed by atoms with E-state index in [1.807, 2.05) is 0 Å². The van der Waals surface area contributed by atoms with Crippen LogP contribution in [-0.2, 0) is 0 Å². The Morgan fingerprint density at radius 1 is 0.397 bits per heavy atom. The van der Waals surface area contributed by atoms with Crippen LogP contribution in [0.5, 0.6) is 0 Å². The molecule has 0 atom stereocenters. The van der Waals surface area contributed by atoms with E-state index >= 15 is 61.2 Å². The molecule has 0 aromatic heterocycles. The number of aryl methyl sites for hydroxylation is 1. The van der Waals surface area contributed by atoms with Gasteiger partial charge in [0.25, 0.3) is 14.0 Å². The van der Waals surface area contributed by atoms with E-state index in [2.05, 4.69) is 0 Å². The van der Waals surface area contributed by atoms with Crippen LogP contribution in [0.1, 0.15) is 16.7 Å². The Labute approximate surface area is 316 Å². The van der Waals surface area contributed by atoms with Crippen LogP contribution in [0.3, 0.4) is 0 Å². The van der Waals surface area contributed by atoms with Crippen molar-refractivity contribution in [3.05, 3.63) is 189 Å². The minimum absolute atomic E-state index is 0.222. The van der Waals surface area contributed by atoms with Gasteiger partial charge in [-0.2, -0.15) is 0 Å². The monoisotopic (exact) mass is 850 g/mol. The van der Waals surface area contributed by atoms with E-state index in [9.17, 15) is 13.2 Å². The van der Waals surface area contributed by atoms with Crippen molar-refractivity contribution >= 4 is 46.3 Å². The summed E-state index contributed by atoms with van der Waals surface area (Å²) >= 11 is 0. The fraction of sp³-hybridized carbons (Fsp3) is 0.0256. The normalized spacial score (nSPS) is 12.6. The molecule has 0 bridgehead atoms. The highest BCUT2D eigenvalue weighted by Gasteiger charge is 2.57. The van der Waals surface area contributed by atoms with Gasteiger partial charge in [0.2, 0.25) is 5.82 Å². The Bertz CT molecular complexity index is 2460. The van der Waals surface area contributed by atoms with E-state index in [0.717, 1.165) is 72.8 Å². The van der Waals surface area contributed by atoms with Crippen molar-refractivity contribution in [3.63, 3.8) is 0 Å². The molecule has 300 valence electrons. The molecule has 0 fully saturated rings. The lowest BCUT2D eigenvalue weighted by Crippen LogP contribution is -2.62. The van der Waals surface area contributed by atoms with Gasteiger partial charge in [-0.25, -0.2) is 65.9 Å². The SMILES string of the molecule is Cc1ccc(/C(=C(/c2c(F)c(F)c(F)c(F)c2F)[B-](F)(c2c(F)c(F)c(F)c(F)c2F)c2c(F)c(F)c(F)c(F)c2F)[P+](F)(c2ccccc2)c2ccccc2)cc1. The van der Waals surface area contributed by atoms with Crippen LogP contribution in [0.4, 0.5) is 74.4 Å². The molecular formula is C39H17BF17P. The molecule has 0 spiro atoms. The number of benzene rings is 6. The van der Waals surface area contributed by atoms with Crippen molar-refractivity contribution < 1.29 is 74.4 Å². The Morgan fingerprint density at radius 3 is 1.02 bits per heavy atom. The predicted octanol–water partition coefficient (Wildman–Crippen LogP) is 10.8. The molecule has 0 radical (unpaired) electrons. The Kier molecular flexibility index (Phi) is 11.1. The summed E-state index contributed by atoms with van der Waals surface area (Å²) in [4.78, 5) is 0. The lowest BCUT2D eigenvalue weighted by Gasteiger charge is -2.40. The maximum Gasteiger partial charge on any atom is 0.296 e. The van der Waals surface area contributed by atoms with E-state index in [0.29, 0.717) is 0 Å². The Hall–Kier alpha value is -5.64. The molecular weight excluding hydrogens is 833 g/mol. The van der Waals surface area contributed by atoms with Crippen LogP contribution in [0.2, 0.25) is 0 Å². The molecule has 6 rings (SSSR count). The lowest BCUT2D eigenvalue weighted by atomic mass is 9.29. The minimum atomic E-state index is -7.17. The summed E-state index contributed by atoms with van der Waals surface area (Å²) in [6.07, 6.45) is -7.17. The second-order valence-corrected chi connectivity index (χ2v) is 15.2. The molecule has 0 heterocycles. The average molecular weight is 850 g/mol. The molecule has 0 unspecified atom stereocenters. The zero-order valence-corrected chi connectivity index (χ0v) is 29.4. The van der Waals surface area contributed by atoms with Gasteiger partial charge in [-0.05, 0) is 35.4 Å². The maximum atomic E-state index is 19.2. The maximum absolute atomic E-state index is 19.2. The van der Waals surface area contributed by atoms with Gasteiger partial charge in [-0.1, -0.05) is 77.2 Å². The molecule has 0 aliphatic rings. The summed E-state index contributed by atoms with van der Waals surface area (Å²) in [7, 11) is -5.82. The van der Waals surface area contributed by atoms with Crippen LogP contribution < -0.4 is 21.5 Å². The molecule has 0 nitrogen and oxygen atoms in total. The molecule has 19 heteroatoms. The first-order valence-electron chi connectivity index (χ1n) is 16.2. The highest BCUT2D eigenvalue weighted by molar-refractivity contribution is 7.94. The number of halogens is 17. The first kappa shape index (κ1) is 42.0. The number of hydrogen-bond acceptors (Lipinski definition) is 0. The third kappa shape index (κ3) is 6.23. The van der Waals surface area contributed by atoms with Gasteiger partial charge in [0, 0.05) is 11.1 Å². The minimum Gasteiger partial charge on any atom is -0.498 e. The van der Waals surface area contributed by atoms with E-state index in [1.165, 1.54) is 19.1 Å². The molecule has 6 aromatic carbocycles. The second-order valence-electron chi connectivity index (χ2n) is 12.6. The van der Waals surface area contributed by atoms with E-state index in [-0.39, 0.29) is 5.56 Å². The van der Waals surface area contributed by atoms with Crippen LogP contribution in [-0.4, -0.2) is 6.42 Å². The quantitative estimate of drug-likeness (QED) is 0.0357. The lowest BCUT2D eigenvalue weighted by molar-refractivity contribution is 0.376. The fourth-order valence-electron chi connectivity index (χ4n) is 6.61. The molecule has 0 N–H and O–H groups in total. The van der Waals surface area contributed by atoms with Gasteiger partial charge in [-0.15, -0.1) is 5.47 Å². The number of rotatable bonds is 8. The van der Waals surface area contributed by atoms with Crippen molar-refractivity contribution in [2.75, 3.05) is 0 Å². The molecule has 0 saturated heterocycles. The Balaban J connectivity index is 2.13. The van der Waals surface area contributed by atoms with Crippen molar-refractivity contribution in [1.29, 1.82) is 0 Å². The molecule has 0 aliphatic heterocycles. The van der Waals surface area contributed by atoms with Crippen molar-refractivity contribution in [2.24, 2.45) is 0 Å². The zero-order chi connectivity index (χ0) is 42.8. The van der Waals surface area contributed by atoms with E-state index in [1.54, 1.807) is 0 Å². The van der Waals surface area contributed by atoms with Crippen LogP contribution in [0, 0.1) is 94.2 Å². The summed E-state index contributed by atoms with van der Waals surface area (Å²) in [6.45, 7) is 1.36. The summed E-state index contributed by atoms with van der Waals surface area (Å²) in [5.41, 5.74) is -12.9. The van der Waals surface area contributed by atoms with Crippen molar-refractivity contribution in [1.82, 2.24) is 0 Å². The molecule has 0 saturated carbocycles. The summed E-state index contributed by atoms with van der Waals surface area (Å²) < 4.78 is 270. The molecule has 58 heavy (non-hydrogen) atoms. The topological polar surface area (TPSA) is 0 Å². The van der Waals surface area contributed by atoms with Gasteiger partial charge in [0.15, 0.2) is 58.2 Å². The van der Waals surface area contributed by atoms with Gasteiger partial charge < -0.3 is 4.32 Å². The highest BCUT2D eigenvalue weighted by atomic mass is 31.2. The third-order valence-corrected chi connectivity index (χ3v) is 12.4. The van der Waals surface area contributed by atoms with Gasteiger partial charge >= 0.3 is 0 Å². The zero-order valence-electron chi connectivity index (χ0n) is 28.5. The summed E-state index contributed by atoms with van der Waals surface area (Å²) in [5.74, 6) is -48.7. The van der Waals surface area contributed by atoms with Crippen molar-refractivity contribution in [3.8, 4) is 0 Å². The fourth-order valence-corrected chi connectivity index (χ4v) is 9.71. The van der Waals surface area contributed by atoms with Crippen LogP contribution in [0.25, 0.3) is 10.8 Å². The first-order valence-corrected chi connectivity index (χ1v) is 17.8. The molecule has 6 aromatic rings. The first-order chi connectivity index (χ1) is 27.2. The molecule has 0 aliphatic carbocycles.